The van der Waals surface area contributed by atoms with Crippen LogP contribution < -0.4 is 11.1 Å². The van der Waals surface area contributed by atoms with Crippen LogP contribution >= 0.6 is 34.4 Å². The number of aryl methyl sites for hydroxylation is 1. The third kappa shape index (κ3) is 4.96. The van der Waals surface area contributed by atoms with Crippen LogP contribution in [0.5, 0.6) is 0 Å². The van der Waals surface area contributed by atoms with Crippen molar-refractivity contribution in [1.29, 1.82) is 0 Å². The predicted molar refractivity (Wildman–Crippen MR) is 131 cm³/mol. The number of aromatic nitrogens is 2. The van der Waals surface area contributed by atoms with Crippen molar-refractivity contribution in [3.8, 4) is 0 Å². The molecule has 15 heteroatoms. The maximum Gasteiger partial charge on any atom is 0.352 e. The van der Waals surface area contributed by atoms with Gasteiger partial charge >= 0.3 is 11.9 Å². The Hall–Kier alpha value is -3.56. The fourth-order valence-corrected chi connectivity index (χ4v) is 6.00. The van der Waals surface area contributed by atoms with Crippen molar-refractivity contribution in [3.05, 3.63) is 44.5 Å². The topological polar surface area (TPSA) is 188 Å². The van der Waals surface area contributed by atoms with Crippen LogP contribution in [-0.4, -0.2) is 78.3 Å². The van der Waals surface area contributed by atoms with Crippen LogP contribution in [0.2, 0.25) is 0 Å². The van der Waals surface area contributed by atoms with Crippen LogP contribution in [-0.2, 0) is 19.2 Å². The molecule has 1 unspecified atom stereocenters. The molecule has 1 fully saturated rings. The quantitative estimate of drug-likeness (QED) is 0.279. The summed E-state index contributed by atoms with van der Waals surface area (Å²) < 4.78 is 0. The van der Waals surface area contributed by atoms with Gasteiger partial charge in [-0.3, -0.25) is 24.3 Å². The number of nitrogen functional groups attached to an aromatic ring is 1. The van der Waals surface area contributed by atoms with Crippen molar-refractivity contribution in [2.24, 2.45) is 4.99 Å². The van der Waals surface area contributed by atoms with Gasteiger partial charge < -0.3 is 21.3 Å². The number of aliphatic imine (C=N–C) groups is 1. The SMILES string of the molecule is Cc1ncsc1/C=C/C1=C(C(=O)O)N2C(=O)C(NC(=O)/C(=N\CC(=O)O)c3csc(N)n3)[C@H]2SC1. The number of thiazole rings is 2. The number of hydrogen-bond donors (Lipinski definition) is 4. The number of carboxylic acid groups (broad SMARTS) is 2. The zero-order valence-electron chi connectivity index (χ0n) is 18.0. The van der Waals surface area contributed by atoms with Crippen molar-refractivity contribution < 1.29 is 29.4 Å². The number of nitrogens with two attached hydrogens (primary N) is 1. The third-order valence-corrected chi connectivity index (χ3v) is 7.93. The number of nitrogens with one attached hydrogen (secondary N) is 1. The minimum Gasteiger partial charge on any atom is -0.480 e. The molecule has 0 radical (unpaired) electrons. The van der Waals surface area contributed by atoms with Gasteiger partial charge in [0.2, 0.25) is 0 Å². The minimum absolute atomic E-state index is 0.0862. The van der Waals surface area contributed by atoms with Gasteiger partial charge in [0.1, 0.15) is 35.1 Å². The summed E-state index contributed by atoms with van der Waals surface area (Å²) in [6.45, 7) is 1.17. The van der Waals surface area contributed by atoms with E-state index in [1.54, 1.807) is 17.7 Å². The van der Waals surface area contributed by atoms with E-state index in [-0.39, 0.29) is 22.2 Å². The number of carboxylic acids is 2. The smallest absolute Gasteiger partial charge is 0.352 e. The van der Waals surface area contributed by atoms with E-state index in [1.165, 1.54) is 28.5 Å². The van der Waals surface area contributed by atoms with E-state index in [9.17, 15) is 24.3 Å². The first-order valence-electron chi connectivity index (χ1n) is 9.95. The Kier molecular flexibility index (Phi) is 7.00. The summed E-state index contributed by atoms with van der Waals surface area (Å²) >= 11 is 3.77. The normalized spacial score (nSPS) is 20.1. The number of β-lactam (4-membered cyclic amide) rings is 1. The van der Waals surface area contributed by atoms with E-state index in [4.69, 9.17) is 10.8 Å². The minimum atomic E-state index is -1.25. The van der Waals surface area contributed by atoms with E-state index in [1.807, 2.05) is 6.92 Å². The lowest BCUT2D eigenvalue weighted by Crippen LogP contribution is -2.71. The predicted octanol–water partition coefficient (Wildman–Crippen LogP) is 0.816. The van der Waals surface area contributed by atoms with E-state index >= 15 is 0 Å². The number of thioether (sulfide) groups is 1. The highest BCUT2D eigenvalue weighted by molar-refractivity contribution is 8.00. The molecular weight excluding hydrogens is 516 g/mol. The molecular formula is C20H18N6O6S3. The summed E-state index contributed by atoms with van der Waals surface area (Å²) in [5.41, 5.74) is 8.25. The lowest BCUT2D eigenvalue weighted by molar-refractivity contribution is -0.150. The highest BCUT2D eigenvalue weighted by Gasteiger charge is 2.54. The summed E-state index contributed by atoms with van der Waals surface area (Å²) in [5.74, 6) is -3.60. The Morgan fingerprint density at radius 1 is 1.31 bits per heavy atom. The molecule has 12 nitrogen and oxygen atoms in total. The molecule has 2 aliphatic heterocycles. The van der Waals surface area contributed by atoms with Crippen molar-refractivity contribution in [2.45, 2.75) is 18.3 Å². The number of aliphatic carboxylic acids is 2. The van der Waals surface area contributed by atoms with Gasteiger partial charge in [-0.1, -0.05) is 6.08 Å². The van der Waals surface area contributed by atoms with Gasteiger partial charge in [0.25, 0.3) is 11.8 Å². The second-order valence-corrected chi connectivity index (χ2v) is 10.2. The van der Waals surface area contributed by atoms with Crippen LogP contribution in [0.25, 0.3) is 6.08 Å². The number of hydrogen-bond acceptors (Lipinski definition) is 11. The van der Waals surface area contributed by atoms with E-state index in [2.05, 4.69) is 20.3 Å². The lowest BCUT2D eigenvalue weighted by Gasteiger charge is -2.49. The molecule has 2 aromatic heterocycles. The van der Waals surface area contributed by atoms with Gasteiger partial charge in [-0.25, -0.2) is 14.8 Å². The van der Waals surface area contributed by atoms with Crippen molar-refractivity contribution >= 4 is 75.1 Å². The molecule has 0 aromatic carbocycles. The van der Waals surface area contributed by atoms with Crippen LogP contribution in [0.4, 0.5) is 5.13 Å². The molecule has 35 heavy (non-hydrogen) atoms. The molecule has 5 N–H and O–H groups in total. The number of nitrogens with zero attached hydrogens (tertiary/aromatic N) is 4. The third-order valence-electron chi connectivity index (χ3n) is 5.06. The number of amides is 2. The molecule has 1 saturated heterocycles. The highest BCUT2D eigenvalue weighted by Crippen LogP contribution is 2.41. The summed E-state index contributed by atoms with van der Waals surface area (Å²) in [6.07, 6.45) is 3.43. The fraction of sp³-hybridized carbons (Fsp3) is 0.250. The molecule has 0 aliphatic carbocycles. The Balaban J connectivity index is 1.54. The first-order chi connectivity index (χ1) is 16.7. The van der Waals surface area contributed by atoms with E-state index < -0.39 is 41.7 Å². The van der Waals surface area contributed by atoms with Crippen molar-refractivity contribution in [1.82, 2.24) is 20.2 Å². The van der Waals surface area contributed by atoms with Crippen LogP contribution in [0.1, 0.15) is 16.3 Å². The van der Waals surface area contributed by atoms with Crippen LogP contribution in [0, 0.1) is 6.92 Å². The second kappa shape index (κ2) is 9.97. The van der Waals surface area contributed by atoms with Crippen LogP contribution in [0.3, 0.4) is 0 Å². The molecule has 2 aromatic rings. The number of rotatable bonds is 8. The lowest BCUT2D eigenvalue weighted by atomic mass is 10.0. The summed E-state index contributed by atoms with van der Waals surface area (Å²) in [7, 11) is 0. The average molecular weight is 535 g/mol. The standard InChI is InChI=1S/C20H18N6O6S3/c1-8-11(35-7-23-8)3-2-9-5-33-18-14(17(30)26(18)15(9)19(31)32)25-16(29)13(22-4-12(27)28)10-6-34-20(21)24-10/h2-3,6-7,14,18H,4-5H2,1H3,(H2,21,24)(H,25,29)(H,27,28)(H,31,32)/b3-2+,22-13-/t14?,18-/m1/s1. The maximum atomic E-state index is 12.9. The number of carbonyl (C=O) groups excluding carboxylic acids is 2. The zero-order valence-corrected chi connectivity index (χ0v) is 20.4. The molecule has 0 spiro atoms. The maximum absolute atomic E-state index is 12.9. The summed E-state index contributed by atoms with van der Waals surface area (Å²) in [4.78, 5) is 62.7. The Labute approximate surface area is 210 Å². The average Bonchev–Trinajstić information content (AvgIpc) is 3.42. The first kappa shape index (κ1) is 24.6. The van der Waals surface area contributed by atoms with Gasteiger partial charge in [-0.05, 0) is 18.6 Å². The fourth-order valence-electron chi connectivity index (χ4n) is 3.44. The van der Waals surface area contributed by atoms with E-state index in [0.717, 1.165) is 26.8 Å². The van der Waals surface area contributed by atoms with Crippen molar-refractivity contribution in [3.63, 3.8) is 0 Å². The molecule has 2 atom stereocenters. The van der Waals surface area contributed by atoms with Gasteiger partial charge in [-0.2, -0.15) is 0 Å². The summed E-state index contributed by atoms with van der Waals surface area (Å²) in [6, 6.07) is -1.01. The number of carbonyl (C=O) groups is 4. The van der Waals surface area contributed by atoms with Gasteiger partial charge in [0.05, 0.1) is 11.2 Å². The molecule has 2 aliphatic rings. The summed E-state index contributed by atoms with van der Waals surface area (Å²) in [5, 5.41) is 22.3. The zero-order chi connectivity index (χ0) is 25.3. The number of anilines is 1. The van der Waals surface area contributed by atoms with Gasteiger partial charge in [0, 0.05) is 16.0 Å². The molecule has 182 valence electrons. The monoisotopic (exact) mass is 534 g/mol. The van der Waals surface area contributed by atoms with Crippen molar-refractivity contribution in [2.75, 3.05) is 18.0 Å². The van der Waals surface area contributed by atoms with Gasteiger partial charge in [0.15, 0.2) is 5.13 Å². The highest BCUT2D eigenvalue weighted by atomic mass is 32.2. The molecule has 0 bridgehead atoms. The molecule has 2 amide bonds. The Morgan fingerprint density at radius 2 is 2.09 bits per heavy atom. The number of fused-ring (bicyclic) bond motifs is 1. The molecule has 4 rings (SSSR count). The van der Waals surface area contributed by atoms with Crippen LogP contribution in [0.15, 0.2) is 33.2 Å². The van der Waals surface area contributed by atoms with Gasteiger partial charge in [-0.15, -0.1) is 34.4 Å². The van der Waals surface area contributed by atoms with E-state index in [0.29, 0.717) is 11.3 Å². The molecule has 0 saturated carbocycles. The Bertz CT molecular complexity index is 1310. The Morgan fingerprint density at radius 3 is 2.69 bits per heavy atom. The first-order valence-corrected chi connectivity index (χ1v) is 12.8. The molecule has 4 heterocycles. The number of allylic oxidation sites excluding steroid dienone is 1. The largest absolute Gasteiger partial charge is 0.480 e. The second-order valence-electron chi connectivity index (χ2n) is 7.30.